The van der Waals surface area contributed by atoms with Crippen LogP contribution >= 0.6 is 0 Å². The maximum atomic E-state index is 13.1. The van der Waals surface area contributed by atoms with Crippen molar-refractivity contribution in [3.8, 4) is 0 Å². The van der Waals surface area contributed by atoms with E-state index < -0.39 is 10.0 Å². The van der Waals surface area contributed by atoms with Crippen molar-refractivity contribution in [3.05, 3.63) is 94.5 Å². The minimum atomic E-state index is -3.85. The van der Waals surface area contributed by atoms with Gasteiger partial charge in [-0.1, -0.05) is 48.5 Å². The molecule has 0 unspecified atom stereocenters. The molecule has 0 aliphatic carbocycles. The summed E-state index contributed by atoms with van der Waals surface area (Å²) in [7, 11) is -3.85. The first-order valence-electron chi connectivity index (χ1n) is 11.6. The highest BCUT2D eigenvalue weighted by Gasteiger charge is 2.20. The molecule has 7 heteroatoms. The van der Waals surface area contributed by atoms with Gasteiger partial charge in [-0.05, 0) is 80.2 Å². The molecule has 6 nitrogen and oxygen atoms in total. The lowest BCUT2D eigenvalue weighted by Gasteiger charge is -2.18. The Balaban J connectivity index is 1.49. The van der Waals surface area contributed by atoms with Gasteiger partial charge in [-0.3, -0.25) is 14.4 Å². The van der Waals surface area contributed by atoms with Crippen LogP contribution in [0.5, 0.6) is 0 Å². The molecule has 0 aromatic heterocycles. The van der Waals surface area contributed by atoms with Crippen LogP contribution in [0, 0.1) is 13.8 Å². The number of benzene rings is 3. The SMILES string of the molecule is Cc1ccccc1NS(=O)(=O)c1cc(C(=O)NCc2ccccc2CN2CCCC2)ccc1C. The molecule has 0 atom stereocenters. The number of hydrogen-bond acceptors (Lipinski definition) is 4. The summed E-state index contributed by atoms with van der Waals surface area (Å²) in [6.07, 6.45) is 2.46. The molecule has 0 bridgehead atoms. The summed E-state index contributed by atoms with van der Waals surface area (Å²) in [5.41, 5.74) is 4.51. The van der Waals surface area contributed by atoms with Crippen LogP contribution in [0.2, 0.25) is 0 Å². The molecule has 0 spiro atoms. The van der Waals surface area contributed by atoms with Gasteiger partial charge in [-0.25, -0.2) is 8.42 Å². The molecule has 1 amide bonds. The van der Waals surface area contributed by atoms with Gasteiger partial charge in [0.05, 0.1) is 10.6 Å². The fourth-order valence-corrected chi connectivity index (χ4v) is 5.66. The van der Waals surface area contributed by atoms with E-state index in [9.17, 15) is 13.2 Å². The Kier molecular flexibility index (Phi) is 7.34. The Labute approximate surface area is 202 Å². The highest BCUT2D eigenvalue weighted by Crippen LogP contribution is 2.23. The molecule has 34 heavy (non-hydrogen) atoms. The number of nitrogens with one attached hydrogen (secondary N) is 2. The monoisotopic (exact) mass is 477 g/mol. The second-order valence-corrected chi connectivity index (χ2v) is 10.5. The highest BCUT2D eigenvalue weighted by atomic mass is 32.2. The molecule has 4 rings (SSSR count). The molecular weight excluding hydrogens is 446 g/mol. The minimum Gasteiger partial charge on any atom is -0.348 e. The lowest BCUT2D eigenvalue weighted by atomic mass is 10.1. The summed E-state index contributed by atoms with van der Waals surface area (Å²) in [6.45, 7) is 7.05. The smallest absolute Gasteiger partial charge is 0.262 e. The Hall–Kier alpha value is -3.16. The van der Waals surface area contributed by atoms with Gasteiger partial charge in [0.15, 0.2) is 0 Å². The van der Waals surface area contributed by atoms with E-state index in [4.69, 9.17) is 0 Å². The summed E-state index contributed by atoms with van der Waals surface area (Å²) in [6, 6.07) is 20.1. The van der Waals surface area contributed by atoms with E-state index in [-0.39, 0.29) is 10.8 Å². The van der Waals surface area contributed by atoms with Crippen molar-refractivity contribution < 1.29 is 13.2 Å². The lowest BCUT2D eigenvalue weighted by molar-refractivity contribution is 0.0950. The number of aryl methyl sites for hydroxylation is 2. The second kappa shape index (κ2) is 10.4. The largest absolute Gasteiger partial charge is 0.348 e. The molecule has 1 aliphatic rings. The van der Waals surface area contributed by atoms with Crippen LogP contribution in [-0.2, 0) is 23.1 Å². The van der Waals surface area contributed by atoms with E-state index in [1.54, 1.807) is 31.2 Å². The number of rotatable bonds is 8. The molecule has 0 radical (unpaired) electrons. The summed E-state index contributed by atoms with van der Waals surface area (Å²) in [4.78, 5) is 15.5. The third-order valence-electron chi connectivity index (χ3n) is 6.28. The topological polar surface area (TPSA) is 78.5 Å². The van der Waals surface area contributed by atoms with Crippen molar-refractivity contribution in [1.29, 1.82) is 0 Å². The zero-order valence-corrected chi connectivity index (χ0v) is 20.5. The third kappa shape index (κ3) is 5.66. The Morgan fingerprint density at radius 1 is 0.882 bits per heavy atom. The third-order valence-corrected chi connectivity index (χ3v) is 7.79. The first-order chi connectivity index (χ1) is 16.3. The fraction of sp³-hybridized carbons (Fsp3) is 0.296. The van der Waals surface area contributed by atoms with Crippen molar-refractivity contribution in [2.24, 2.45) is 0 Å². The van der Waals surface area contributed by atoms with Gasteiger partial charge >= 0.3 is 0 Å². The molecule has 1 saturated heterocycles. The second-order valence-electron chi connectivity index (χ2n) is 8.84. The number of carbonyl (C=O) groups is 1. The minimum absolute atomic E-state index is 0.0952. The van der Waals surface area contributed by atoms with Crippen LogP contribution in [0.25, 0.3) is 0 Å². The van der Waals surface area contributed by atoms with Crippen molar-refractivity contribution in [2.75, 3.05) is 17.8 Å². The molecule has 1 aliphatic heterocycles. The average molecular weight is 478 g/mol. The highest BCUT2D eigenvalue weighted by molar-refractivity contribution is 7.92. The zero-order chi connectivity index (χ0) is 24.1. The van der Waals surface area contributed by atoms with Crippen LogP contribution in [0.15, 0.2) is 71.6 Å². The van der Waals surface area contributed by atoms with Gasteiger partial charge in [0.1, 0.15) is 0 Å². The van der Waals surface area contributed by atoms with Crippen LogP contribution in [0.3, 0.4) is 0 Å². The number of hydrogen-bond donors (Lipinski definition) is 2. The molecule has 0 saturated carbocycles. The Bertz CT molecular complexity index is 1280. The zero-order valence-electron chi connectivity index (χ0n) is 19.7. The number of anilines is 1. The van der Waals surface area contributed by atoms with Crippen molar-refractivity contribution >= 4 is 21.6 Å². The first-order valence-corrected chi connectivity index (χ1v) is 13.1. The first kappa shape index (κ1) is 24.0. The summed E-state index contributed by atoms with van der Waals surface area (Å²) >= 11 is 0. The number of amides is 1. The maximum Gasteiger partial charge on any atom is 0.262 e. The van der Waals surface area contributed by atoms with E-state index in [0.717, 1.165) is 30.8 Å². The number of para-hydroxylation sites is 1. The van der Waals surface area contributed by atoms with Crippen LogP contribution in [-0.4, -0.2) is 32.3 Å². The van der Waals surface area contributed by atoms with E-state index in [1.165, 1.54) is 24.5 Å². The molecular formula is C27H31N3O3S. The normalized spacial score (nSPS) is 14.2. The summed E-state index contributed by atoms with van der Waals surface area (Å²) in [5.74, 6) is -0.302. The summed E-state index contributed by atoms with van der Waals surface area (Å²) < 4.78 is 28.8. The van der Waals surface area contributed by atoms with Crippen LogP contribution in [0.1, 0.15) is 45.5 Å². The Morgan fingerprint density at radius 2 is 1.56 bits per heavy atom. The number of sulfonamides is 1. The standard InChI is InChI=1S/C27H31N3O3S/c1-20-9-3-6-12-25(20)29-34(32,33)26-17-22(14-13-21(26)2)27(31)28-18-23-10-4-5-11-24(23)19-30-15-7-8-16-30/h3-6,9-14,17,29H,7-8,15-16,18-19H2,1-2H3,(H,28,31). The number of carbonyl (C=O) groups excluding carboxylic acids is 1. The molecule has 3 aromatic carbocycles. The Morgan fingerprint density at radius 3 is 2.29 bits per heavy atom. The van der Waals surface area contributed by atoms with E-state index >= 15 is 0 Å². The van der Waals surface area contributed by atoms with Gasteiger partial charge < -0.3 is 5.32 Å². The fourth-order valence-electron chi connectivity index (χ4n) is 4.26. The predicted octanol–water partition coefficient (Wildman–Crippen LogP) is 4.63. The molecule has 1 heterocycles. The number of likely N-dealkylation sites (tertiary alicyclic amines) is 1. The van der Waals surface area contributed by atoms with Crippen molar-refractivity contribution in [2.45, 2.75) is 44.7 Å². The average Bonchev–Trinajstić information content (AvgIpc) is 3.33. The number of nitrogens with zero attached hydrogens (tertiary/aromatic N) is 1. The van der Waals surface area contributed by atoms with Gasteiger partial charge in [0, 0.05) is 18.7 Å². The molecule has 2 N–H and O–H groups in total. The van der Waals surface area contributed by atoms with Crippen molar-refractivity contribution in [1.82, 2.24) is 10.2 Å². The molecule has 178 valence electrons. The van der Waals surface area contributed by atoms with Crippen molar-refractivity contribution in [3.63, 3.8) is 0 Å². The molecule has 3 aromatic rings. The van der Waals surface area contributed by atoms with Crippen LogP contribution < -0.4 is 10.0 Å². The van der Waals surface area contributed by atoms with E-state index in [2.05, 4.69) is 21.0 Å². The van der Waals surface area contributed by atoms with Gasteiger partial charge in [-0.15, -0.1) is 0 Å². The van der Waals surface area contributed by atoms with Gasteiger partial charge in [-0.2, -0.15) is 0 Å². The quantitative estimate of drug-likeness (QED) is 0.496. The van der Waals surface area contributed by atoms with Gasteiger partial charge in [0.2, 0.25) is 0 Å². The lowest BCUT2D eigenvalue weighted by Crippen LogP contribution is -2.25. The van der Waals surface area contributed by atoms with E-state index in [1.807, 2.05) is 37.3 Å². The molecule has 1 fully saturated rings. The predicted molar refractivity (Wildman–Crippen MR) is 135 cm³/mol. The summed E-state index contributed by atoms with van der Waals surface area (Å²) in [5, 5.41) is 2.96. The van der Waals surface area contributed by atoms with Gasteiger partial charge in [0.25, 0.3) is 15.9 Å². The maximum absolute atomic E-state index is 13.1. The van der Waals surface area contributed by atoms with Crippen LogP contribution in [0.4, 0.5) is 5.69 Å². The van der Waals surface area contributed by atoms with E-state index in [0.29, 0.717) is 23.4 Å².